The van der Waals surface area contributed by atoms with E-state index < -0.39 is 5.97 Å². The first-order chi connectivity index (χ1) is 7.59. The van der Waals surface area contributed by atoms with Gasteiger partial charge in [0.05, 0.1) is 6.42 Å². The molecule has 2 rings (SSSR count). The fourth-order valence-corrected chi connectivity index (χ4v) is 1.60. The number of carboxylic acid groups (broad SMARTS) is 1. The normalized spacial score (nSPS) is 10.6. The Morgan fingerprint density at radius 1 is 1.50 bits per heavy atom. The van der Waals surface area contributed by atoms with Gasteiger partial charge in [-0.2, -0.15) is 0 Å². The van der Waals surface area contributed by atoms with Gasteiger partial charge in [-0.3, -0.25) is 14.0 Å². The molecule has 0 spiro atoms. The molecule has 0 radical (unpaired) electrons. The summed E-state index contributed by atoms with van der Waals surface area (Å²) in [5.74, 6) is -1.03. The fourth-order valence-electron chi connectivity index (χ4n) is 1.60. The van der Waals surface area contributed by atoms with Gasteiger partial charge in [0, 0.05) is 17.5 Å². The van der Waals surface area contributed by atoms with Crippen molar-refractivity contribution < 1.29 is 9.90 Å². The number of pyridine rings is 1. The summed E-state index contributed by atoms with van der Waals surface area (Å²) < 4.78 is 1.41. The van der Waals surface area contributed by atoms with Crippen molar-refractivity contribution in [2.45, 2.75) is 13.3 Å². The lowest BCUT2D eigenvalue weighted by molar-refractivity contribution is -0.136. The molecule has 0 aliphatic heterocycles. The number of aliphatic carboxylic acids is 1. The van der Waals surface area contributed by atoms with E-state index in [9.17, 15) is 9.59 Å². The van der Waals surface area contributed by atoms with E-state index in [0.717, 1.165) is 5.69 Å². The second-order valence-electron chi connectivity index (χ2n) is 3.52. The summed E-state index contributed by atoms with van der Waals surface area (Å²) in [5.41, 5.74) is 1.14. The van der Waals surface area contributed by atoms with Gasteiger partial charge in [-0.1, -0.05) is 6.07 Å². The van der Waals surface area contributed by atoms with Crippen molar-refractivity contribution >= 4 is 11.6 Å². The van der Waals surface area contributed by atoms with Gasteiger partial charge in [0.2, 0.25) is 0 Å². The lowest BCUT2D eigenvalue weighted by Crippen LogP contribution is -2.22. The number of nitrogens with zero attached hydrogens (tertiary/aromatic N) is 2. The van der Waals surface area contributed by atoms with Crippen LogP contribution in [0.25, 0.3) is 5.65 Å². The summed E-state index contributed by atoms with van der Waals surface area (Å²) in [6, 6.07) is 5.29. The van der Waals surface area contributed by atoms with E-state index in [1.165, 1.54) is 10.6 Å². The van der Waals surface area contributed by atoms with Crippen molar-refractivity contribution in [1.29, 1.82) is 0 Å². The van der Waals surface area contributed by atoms with Gasteiger partial charge in [-0.25, -0.2) is 4.98 Å². The predicted octanol–water partition coefficient (Wildman–Crippen LogP) is 0.630. The van der Waals surface area contributed by atoms with Gasteiger partial charge in [0.25, 0.3) is 5.56 Å². The SMILES string of the molecule is Cc1cccc2ncc(CC(=O)O)c(=O)n12. The minimum Gasteiger partial charge on any atom is -0.481 e. The van der Waals surface area contributed by atoms with Gasteiger partial charge in [-0.05, 0) is 19.1 Å². The Bertz CT molecular complexity index is 616. The minimum absolute atomic E-state index is 0.194. The van der Waals surface area contributed by atoms with Crippen molar-refractivity contribution in [3.63, 3.8) is 0 Å². The van der Waals surface area contributed by atoms with Gasteiger partial charge in [0.1, 0.15) is 5.65 Å². The Kier molecular flexibility index (Phi) is 2.44. The Labute approximate surface area is 91.0 Å². The summed E-state index contributed by atoms with van der Waals surface area (Å²) >= 11 is 0. The number of carbonyl (C=O) groups is 1. The van der Waals surface area contributed by atoms with Crippen LogP contribution in [0, 0.1) is 6.92 Å². The highest BCUT2D eigenvalue weighted by Crippen LogP contribution is 2.02. The van der Waals surface area contributed by atoms with E-state index in [4.69, 9.17) is 5.11 Å². The minimum atomic E-state index is -1.03. The highest BCUT2D eigenvalue weighted by Gasteiger charge is 2.09. The lowest BCUT2D eigenvalue weighted by Gasteiger charge is -2.05. The van der Waals surface area contributed by atoms with Crippen molar-refractivity contribution in [3.05, 3.63) is 46.0 Å². The van der Waals surface area contributed by atoms with Crippen LogP contribution >= 0.6 is 0 Å². The number of hydrogen-bond donors (Lipinski definition) is 1. The number of aromatic nitrogens is 2. The zero-order chi connectivity index (χ0) is 11.7. The molecule has 0 saturated carbocycles. The van der Waals surface area contributed by atoms with Crippen LogP contribution in [0.3, 0.4) is 0 Å². The molecular weight excluding hydrogens is 208 g/mol. The van der Waals surface area contributed by atoms with Crippen molar-refractivity contribution in [1.82, 2.24) is 9.38 Å². The quantitative estimate of drug-likeness (QED) is 0.802. The Morgan fingerprint density at radius 3 is 2.94 bits per heavy atom. The first kappa shape index (κ1) is 10.4. The van der Waals surface area contributed by atoms with E-state index in [0.29, 0.717) is 5.65 Å². The molecule has 0 aromatic carbocycles. The molecule has 5 heteroatoms. The van der Waals surface area contributed by atoms with Crippen LogP contribution in [0.1, 0.15) is 11.3 Å². The van der Waals surface area contributed by atoms with Crippen molar-refractivity contribution in [2.24, 2.45) is 0 Å². The van der Waals surface area contributed by atoms with Crippen molar-refractivity contribution in [2.75, 3.05) is 0 Å². The van der Waals surface area contributed by atoms with Crippen molar-refractivity contribution in [3.8, 4) is 0 Å². The van der Waals surface area contributed by atoms with E-state index in [2.05, 4.69) is 4.98 Å². The van der Waals surface area contributed by atoms with Crippen LogP contribution in [0.5, 0.6) is 0 Å². The second kappa shape index (κ2) is 3.77. The smallest absolute Gasteiger partial charge is 0.308 e. The molecule has 0 amide bonds. The zero-order valence-electron chi connectivity index (χ0n) is 8.67. The molecule has 1 N–H and O–H groups in total. The van der Waals surface area contributed by atoms with Gasteiger partial charge in [0.15, 0.2) is 0 Å². The molecule has 0 atom stereocenters. The molecule has 16 heavy (non-hydrogen) atoms. The van der Waals surface area contributed by atoms with Crippen LogP contribution in [0.2, 0.25) is 0 Å². The third-order valence-electron chi connectivity index (χ3n) is 2.34. The van der Waals surface area contributed by atoms with Crippen LogP contribution in [-0.2, 0) is 11.2 Å². The molecule has 82 valence electrons. The predicted molar refractivity (Wildman–Crippen MR) is 57.5 cm³/mol. The molecule has 0 unspecified atom stereocenters. The number of carboxylic acids is 1. The molecule has 2 heterocycles. The molecule has 2 aromatic rings. The average Bonchev–Trinajstić information content (AvgIpc) is 2.22. The lowest BCUT2D eigenvalue weighted by atomic mass is 10.2. The topological polar surface area (TPSA) is 71.7 Å². The molecule has 0 aliphatic carbocycles. The van der Waals surface area contributed by atoms with E-state index in [1.807, 2.05) is 0 Å². The van der Waals surface area contributed by atoms with E-state index >= 15 is 0 Å². The molecule has 0 fully saturated rings. The molecule has 0 bridgehead atoms. The standard InChI is InChI=1S/C11H10N2O3/c1-7-3-2-4-9-12-6-8(5-10(14)15)11(16)13(7)9/h2-4,6H,5H2,1H3,(H,14,15). The zero-order valence-corrected chi connectivity index (χ0v) is 8.67. The third kappa shape index (κ3) is 1.67. The van der Waals surface area contributed by atoms with Gasteiger partial charge < -0.3 is 5.11 Å². The Balaban J connectivity index is 2.73. The second-order valence-corrected chi connectivity index (χ2v) is 3.52. The summed E-state index contributed by atoms with van der Waals surface area (Å²) in [6.07, 6.45) is 1.02. The van der Waals surface area contributed by atoms with E-state index in [-0.39, 0.29) is 17.5 Å². The summed E-state index contributed by atoms with van der Waals surface area (Å²) in [7, 11) is 0. The van der Waals surface area contributed by atoms with Gasteiger partial charge in [-0.15, -0.1) is 0 Å². The van der Waals surface area contributed by atoms with Crippen LogP contribution in [0.15, 0.2) is 29.2 Å². The Hall–Kier alpha value is -2.17. The molecule has 0 aliphatic rings. The third-order valence-corrected chi connectivity index (χ3v) is 2.34. The first-order valence-electron chi connectivity index (χ1n) is 4.77. The number of hydrogen-bond acceptors (Lipinski definition) is 3. The van der Waals surface area contributed by atoms with E-state index in [1.54, 1.807) is 25.1 Å². The maximum Gasteiger partial charge on any atom is 0.308 e. The molecule has 0 saturated heterocycles. The Morgan fingerprint density at radius 2 is 2.25 bits per heavy atom. The molecule has 2 aromatic heterocycles. The summed E-state index contributed by atoms with van der Waals surface area (Å²) in [5, 5.41) is 8.66. The number of rotatable bonds is 2. The maximum atomic E-state index is 11.9. The van der Waals surface area contributed by atoms with Gasteiger partial charge >= 0.3 is 5.97 Å². The molecule has 5 nitrogen and oxygen atoms in total. The summed E-state index contributed by atoms with van der Waals surface area (Å²) in [6.45, 7) is 1.78. The molecular formula is C11H10N2O3. The first-order valence-corrected chi connectivity index (χ1v) is 4.77. The monoisotopic (exact) mass is 218 g/mol. The number of aryl methyl sites for hydroxylation is 1. The highest BCUT2D eigenvalue weighted by molar-refractivity contribution is 5.70. The largest absolute Gasteiger partial charge is 0.481 e. The van der Waals surface area contributed by atoms with Crippen LogP contribution in [-0.4, -0.2) is 20.5 Å². The highest BCUT2D eigenvalue weighted by atomic mass is 16.4. The number of fused-ring (bicyclic) bond motifs is 1. The maximum absolute atomic E-state index is 11.9. The fraction of sp³-hybridized carbons (Fsp3) is 0.182. The van der Waals surface area contributed by atoms with Crippen LogP contribution < -0.4 is 5.56 Å². The average molecular weight is 218 g/mol. The van der Waals surface area contributed by atoms with Crippen LogP contribution in [0.4, 0.5) is 0 Å². The summed E-state index contributed by atoms with van der Waals surface area (Å²) in [4.78, 5) is 26.6.